The normalized spacial score (nSPS) is 32.5. The van der Waals surface area contributed by atoms with Crippen molar-refractivity contribution in [1.82, 2.24) is 4.90 Å². The van der Waals surface area contributed by atoms with Gasteiger partial charge in [-0.15, -0.1) is 6.42 Å². The number of nitrogens with zero attached hydrogens (tertiary/aromatic N) is 1. The van der Waals surface area contributed by atoms with E-state index in [0.717, 1.165) is 12.8 Å². The first-order chi connectivity index (χ1) is 9.25. The zero-order valence-corrected chi connectivity index (χ0v) is 13.0. The van der Waals surface area contributed by atoms with Crippen LogP contribution in [0.2, 0.25) is 0 Å². The molecule has 3 nitrogen and oxygen atoms in total. The number of hydrogen-bond acceptors (Lipinski definition) is 2. The Bertz CT molecular complexity index is 413. The van der Waals surface area contributed by atoms with Gasteiger partial charge in [-0.25, -0.2) is 0 Å². The molecule has 2 unspecified atom stereocenters. The van der Waals surface area contributed by atoms with E-state index in [9.17, 15) is 9.90 Å². The molecule has 20 heavy (non-hydrogen) atoms. The van der Waals surface area contributed by atoms with Gasteiger partial charge in [0.25, 0.3) is 0 Å². The lowest BCUT2D eigenvalue weighted by Crippen LogP contribution is -2.49. The molecule has 0 spiro atoms. The number of rotatable bonds is 1. The van der Waals surface area contributed by atoms with Crippen LogP contribution in [0.3, 0.4) is 0 Å². The predicted molar refractivity (Wildman–Crippen MR) is 79.9 cm³/mol. The maximum absolute atomic E-state index is 12.7. The van der Waals surface area contributed by atoms with E-state index in [2.05, 4.69) is 26.7 Å². The Morgan fingerprint density at radius 2 is 1.90 bits per heavy atom. The first kappa shape index (κ1) is 15.4. The Morgan fingerprint density at radius 1 is 1.30 bits per heavy atom. The predicted octanol–water partition coefficient (Wildman–Crippen LogP) is 2.44. The Kier molecular flexibility index (Phi) is 4.16. The van der Waals surface area contributed by atoms with Crippen LogP contribution in [0.4, 0.5) is 0 Å². The molecule has 0 aromatic heterocycles. The zero-order chi connectivity index (χ0) is 15.0. The molecule has 1 saturated carbocycles. The van der Waals surface area contributed by atoms with Crippen molar-refractivity contribution in [3.63, 3.8) is 0 Å². The summed E-state index contributed by atoms with van der Waals surface area (Å²) in [6.45, 7) is 7.94. The van der Waals surface area contributed by atoms with Gasteiger partial charge in [0, 0.05) is 31.8 Å². The Morgan fingerprint density at radius 3 is 2.40 bits per heavy atom. The minimum atomic E-state index is -1.00. The van der Waals surface area contributed by atoms with Crippen LogP contribution < -0.4 is 0 Å². The van der Waals surface area contributed by atoms with Gasteiger partial charge >= 0.3 is 0 Å². The number of amides is 1. The number of terminal acetylenes is 1. The second-order valence-electron chi connectivity index (χ2n) is 7.61. The van der Waals surface area contributed by atoms with Gasteiger partial charge in [0.15, 0.2) is 0 Å². The van der Waals surface area contributed by atoms with E-state index >= 15 is 0 Å². The summed E-state index contributed by atoms with van der Waals surface area (Å²) in [5.74, 6) is 3.48. The zero-order valence-electron chi connectivity index (χ0n) is 13.0. The highest BCUT2D eigenvalue weighted by atomic mass is 16.3. The fraction of sp³-hybridized carbons (Fsp3) is 0.824. The molecule has 1 N–H and O–H groups in total. The van der Waals surface area contributed by atoms with E-state index in [1.54, 1.807) is 0 Å². The number of piperidine rings is 1. The highest BCUT2D eigenvalue weighted by molar-refractivity contribution is 5.79. The lowest BCUT2D eigenvalue weighted by atomic mass is 9.67. The summed E-state index contributed by atoms with van der Waals surface area (Å²) in [6.07, 6.45) is 9.53. The third-order valence-electron chi connectivity index (χ3n) is 4.91. The van der Waals surface area contributed by atoms with E-state index in [0.29, 0.717) is 31.8 Å². The van der Waals surface area contributed by atoms with Crippen LogP contribution in [0, 0.1) is 29.6 Å². The van der Waals surface area contributed by atoms with Gasteiger partial charge in [-0.2, -0.15) is 0 Å². The summed E-state index contributed by atoms with van der Waals surface area (Å²) in [6, 6.07) is 0. The first-order valence-corrected chi connectivity index (χ1v) is 7.74. The highest BCUT2D eigenvalue weighted by Gasteiger charge is 2.39. The number of carbonyl (C=O) groups is 1. The smallest absolute Gasteiger partial charge is 0.225 e. The van der Waals surface area contributed by atoms with Crippen molar-refractivity contribution in [2.45, 2.75) is 58.5 Å². The molecule has 0 aromatic carbocycles. The van der Waals surface area contributed by atoms with E-state index in [-0.39, 0.29) is 17.2 Å². The van der Waals surface area contributed by atoms with Gasteiger partial charge < -0.3 is 10.0 Å². The lowest BCUT2D eigenvalue weighted by molar-refractivity contribution is -0.141. The Labute approximate surface area is 122 Å². The molecular formula is C17H27NO2. The third-order valence-corrected chi connectivity index (χ3v) is 4.91. The molecule has 1 aliphatic carbocycles. The molecule has 2 atom stereocenters. The number of carbonyl (C=O) groups excluding carboxylic acids is 1. The van der Waals surface area contributed by atoms with Crippen molar-refractivity contribution in [2.75, 3.05) is 13.1 Å². The molecule has 1 amide bonds. The van der Waals surface area contributed by atoms with Gasteiger partial charge in [-0.3, -0.25) is 4.79 Å². The molecule has 3 heteroatoms. The molecular weight excluding hydrogens is 250 g/mol. The van der Waals surface area contributed by atoms with Gasteiger partial charge in [-0.05, 0) is 30.6 Å². The fourth-order valence-corrected chi connectivity index (χ4v) is 4.03. The third kappa shape index (κ3) is 3.35. The molecule has 0 bridgehead atoms. The molecule has 0 radical (unpaired) electrons. The molecule has 2 aliphatic rings. The largest absolute Gasteiger partial charge is 0.377 e. The van der Waals surface area contributed by atoms with E-state index in [1.807, 2.05) is 4.90 Å². The Balaban J connectivity index is 1.97. The van der Waals surface area contributed by atoms with Crippen LogP contribution in [0.5, 0.6) is 0 Å². The standard InChI is InChI=1S/C17H27NO2/c1-5-17(20)6-8-18(9-7-17)15(19)14-10-13(2)11-16(3,4)12-14/h1,13-14,20H,6-12H2,2-4H3. The minimum Gasteiger partial charge on any atom is -0.377 e. The summed E-state index contributed by atoms with van der Waals surface area (Å²) in [4.78, 5) is 14.6. The summed E-state index contributed by atoms with van der Waals surface area (Å²) in [7, 11) is 0. The molecule has 1 saturated heterocycles. The van der Waals surface area contributed by atoms with Crippen LogP contribution in [0.25, 0.3) is 0 Å². The van der Waals surface area contributed by atoms with Crippen LogP contribution in [-0.2, 0) is 4.79 Å². The summed E-state index contributed by atoms with van der Waals surface area (Å²) >= 11 is 0. The molecule has 112 valence electrons. The first-order valence-electron chi connectivity index (χ1n) is 7.74. The van der Waals surface area contributed by atoms with Gasteiger partial charge in [0.2, 0.25) is 5.91 Å². The summed E-state index contributed by atoms with van der Waals surface area (Å²) in [5.41, 5.74) is -0.747. The van der Waals surface area contributed by atoms with Crippen molar-refractivity contribution in [3.8, 4) is 12.3 Å². The van der Waals surface area contributed by atoms with E-state index in [4.69, 9.17) is 6.42 Å². The molecule has 1 aliphatic heterocycles. The second kappa shape index (κ2) is 5.41. The average Bonchev–Trinajstić information content (AvgIpc) is 2.36. The number of likely N-dealkylation sites (tertiary alicyclic amines) is 1. The van der Waals surface area contributed by atoms with Crippen molar-refractivity contribution in [2.24, 2.45) is 17.3 Å². The average molecular weight is 277 g/mol. The quantitative estimate of drug-likeness (QED) is 0.748. The molecule has 0 aromatic rings. The van der Waals surface area contributed by atoms with Crippen molar-refractivity contribution in [3.05, 3.63) is 0 Å². The number of hydrogen-bond donors (Lipinski definition) is 1. The summed E-state index contributed by atoms with van der Waals surface area (Å²) < 4.78 is 0. The minimum absolute atomic E-state index is 0.144. The van der Waals surface area contributed by atoms with E-state index < -0.39 is 5.60 Å². The van der Waals surface area contributed by atoms with Gasteiger partial charge in [0.05, 0.1) is 0 Å². The van der Waals surface area contributed by atoms with Crippen LogP contribution in [0.15, 0.2) is 0 Å². The highest BCUT2D eigenvalue weighted by Crippen LogP contribution is 2.42. The van der Waals surface area contributed by atoms with Gasteiger partial charge in [0.1, 0.15) is 5.60 Å². The Hall–Kier alpha value is -1.01. The van der Waals surface area contributed by atoms with Crippen LogP contribution in [0.1, 0.15) is 52.9 Å². The van der Waals surface area contributed by atoms with Crippen molar-refractivity contribution in [1.29, 1.82) is 0 Å². The van der Waals surface area contributed by atoms with Crippen LogP contribution in [-0.4, -0.2) is 34.6 Å². The van der Waals surface area contributed by atoms with E-state index in [1.165, 1.54) is 6.42 Å². The maximum atomic E-state index is 12.7. The molecule has 2 fully saturated rings. The monoisotopic (exact) mass is 277 g/mol. The van der Waals surface area contributed by atoms with Crippen molar-refractivity contribution >= 4 is 5.91 Å². The van der Waals surface area contributed by atoms with Crippen molar-refractivity contribution < 1.29 is 9.90 Å². The second-order valence-corrected chi connectivity index (χ2v) is 7.61. The molecule has 1 heterocycles. The lowest BCUT2D eigenvalue weighted by Gasteiger charge is -2.42. The SMILES string of the molecule is C#CC1(O)CCN(C(=O)C2CC(C)CC(C)(C)C2)CC1. The maximum Gasteiger partial charge on any atom is 0.225 e. The summed E-state index contributed by atoms with van der Waals surface area (Å²) in [5, 5.41) is 10.0. The topological polar surface area (TPSA) is 40.5 Å². The fourth-order valence-electron chi connectivity index (χ4n) is 4.03. The van der Waals surface area contributed by atoms with Gasteiger partial charge in [-0.1, -0.05) is 26.7 Å². The molecule has 2 rings (SSSR count). The van der Waals surface area contributed by atoms with Crippen LogP contribution >= 0.6 is 0 Å². The number of aliphatic hydroxyl groups is 1.